The summed E-state index contributed by atoms with van der Waals surface area (Å²) in [6.45, 7) is 4.14. The maximum absolute atomic E-state index is 12.9. The predicted octanol–water partition coefficient (Wildman–Crippen LogP) is 4.04. The summed E-state index contributed by atoms with van der Waals surface area (Å²) in [6, 6.07) is 9.35. The van der Waals surface area contributed by atoms with Gasteiger partial charge in [-0.3, -0.25) is 4.79 Å². The molecule has 0 saturated heterocycles. The number of aromatic carboxylic acids is 1. The minimum Gasteiger partial charge on any atom is -0.477 e. The molecule has 0 spiro atoms. The van der Waals surface area contributed by atoms with Crippen molar-refractivity contribution in [3.05, 3.63) is 69.8 Å². The number of hydrogen-bond acceptors (Lipinski definition) is 3. The van der Waals surface area contributed by atoms with Gasteiger partial charge in [0.05, 0.1) is 5.02 Å². The number of aromatic nitrogens is 1. The number of fused-ring (bicyclic) bond motifs is 1. The van der Waals surface area contributed by atoms with Crippen LogP contribution in [-0.4, -0.2) is 34.5 Å². The smallest absolute Gasteiger partial charge is 0.352 e. The van der Waals surface area contributed by atoms with Crippen molar-refractivity contribution in [2.75, 3.05) is 11.9 Å². The Bertz CT molecular complexity index is 1220. The number of aromatic amines is 1. The van der Waals surface area contributed by atoms with Gasteiger partial charge >= 0.3 is 12.0 Å². The molecular weight excluding hydrogens is 443 g/mol. The lowest BCUT2D eigenvalue weighted by atomic mass is 10.0. The number of urea groups is 1. The van der Waals surface area contributed by atoms with Gasteiger partial charge in [0.25, 0.3) is 5.91 Å². The van der Waals surface area contributed by atoms with E-state index in [0.717, 1.165) is 5.56 Å². The third kappa shape index (κ3) is 4.99. The van der Waals surface area contributed by atoms with Crippen LogP contribution in [-0.2, 0) is 11.2 Å². The lowest BCUT2D eigenvalue weighted by molar-refractivity contribution is -0.111. The molecule has 160 valence electrons. The number of anilines is 1. The van der Waals surface area contributed by atoms with E-state index in [2.05, 4.69) is 22.2 Å². The molecule has 3 rings (SSSR count). The number of primary amides is 1. The second-order valence-corrected chi connectivity index (χ2v) is 7.51. The van der Waals surface area contributed by atoms with E-state index >= 15 is 0 Å². The van der Waals surface area contributed by atoms with Crippen LogP contribution in [0.15, 0.2) is 43.0 Å². The third-order valence-corrected chi connectivity index (χ3v) is 5.02. The Kier molecular flexibility index (Phi) is 6.53. The number of carboxylic acids is 1. The molecule has 8 nitrogen and oxygen atoms in total. The molecule has 0 radical (unpaired) electrons. The van der Waals surface area contributed by atoms with Crippen molar-refractivity contribution in [2.24, 2.45) is 5.73 Å². The van der Waals surface area contributed by atoms with Gasteiger partial charge in [0.15, 0.2) is 0 Å². The van der Waals surface area contributed by atoms with Crippen LogP contribution in [0.25, 0.3) is 16.5 Å². The van der Waals surface area contributed by atoms with E-state index in [1.165, 1.54) is 12.1 Å². The average molecular weight is 461 g/mol. The van der Waals surface area contributed by atoms with Gasteiger partial charge in [0.2, 0.25) is 0 Å². The summed E-state index contributed by atoms with van der Waals surface area (Å²) >= 11 is 12.3. The fourth-order valence-electron chi connectivity index (χ4n) is 3.17. The number of benzene rings is 2. The second kappa shape index (κ2) is 9.11. The van der Waals surface area contributed by atoms with Gasteiger partial charge in [0, 0.05) is 39.3 Å². The SMILES string of the molecule is C=C(C(=O)Nc1cccc(CCNC(N)=O)c1)c1c(C(=O)O)[nH]c2cc(Cl)cc(Cl)c12. The van der Waals surface area contributed by atoms with Crippen LogP contribution in [0.5, 0.6) is 0 Å². The van der Waals surface area contributed by atoms with Gasteiger partial charge in [-0.05, 0) is 36.2 Å². The zero-order valence-corrected chi connectivity index (χ0v) is 17.6. The van der Waals surface area contributed by atoms with Crippen molar-refractivity contribution in [3.63, 3.8) is 0 Å². The Labute approximate surface area is 187 Å². The summed E-state index contributed by atoms with van der Waals surface area (Å²) in [5.74, 6) is -1.86. The third-order valence-electron chi connectivity index (χ3n) is 4.50. The van der Waals surface area contributed by atoms with E-state index in [1.807, 2.05) is 6.07 Å². The number of H-pyrrole nitrogens is 1. The fourth-order valence-corrected chi connectivity index (χ4v) is 3.75. The highest BCUT2D eigenvalue weighted by molar-refractivity contribution is 6.40. The Morgan fingerprint density at radius 3 is 2.58 bits per heavy atom. The molecule has 0 fully saturated rings. The van der Waals surface area contributed by atoms with E-state index in [-0.39, 0.29) is 21.9 Å². The molecule has 3 aromatic rings. The average Bonchev–Trinajstić information content (AvgIpc) is 3.07. The quantitative estimate of drug-likeness (QED) is 0.339. The molecule has 1 heterocycles. The van der Waals surface area contributed by atoms with Crippen molar-refractivity contribution < 1.29 is 19.5 Å². The first-order valence-electron chi connectivity index (χ1n) is 9.04. The lowest BCUT2D eigenvalue weighted by Gasteiger charge is -2.10. The maximum Gasteiger partial charge on any atom is 0.352 e. The molecule has 6 N–H and O–H groups in total. The molecule has 0 unspecified atom stereocenters. The number of carbonyl (C=O) groups is 3. The molecule has 2 aromatic carbocycles. The molecule has 0 saturated carbocycles. The van der Waals surface area contributed by atoms with Crippen LogP contribution in [0.1, 0.15) is 21.6 Å². The molecule has 0 atom stereocenters. The first kappa shape index (κ1) is 22.2. The van der Waals surface area contributed by atoms with Gasteiger partial charge in [0.1, 0.15) is 5.69 Å². The summed E-state index contributed by atoms with van der Waals surface area (Å²) in [5, 5.41) is 15.6. The predicted molar refractivity (Wildman–Crippen MR) is 121 cm³/mol. The number of hydrogen-bond donors (Lipinski definition) is 5. The maximum atomic E-state index is 12.9. The number of carboxylic acid groups (broad SMARTS) is 1. The van der Waals surface area contributed by atoms with Gasteiger partial charge in [-0.2, -0.15) is 0 Å². The van der Waals surface area contributed by atoms with Crippen LogP contribution in [0.3, 0.4) is 0 Å². The standard InChI is InChI=1S/C21H18Cl2N4O4/c1-10(16-17-14(23)8-12(22)9-15(17)27-18(16)20(29)30)19(28)26-13-4-2-3-11(7-13)5-6-25-21(24)31/h2-4,7-9,27H,1,5-6H2,(H,26,28)(H,29,30)(H3,24,25,31). The van der Waals surface area contributed by atoms with Crippen LogP contribution < -0.4 is 16.4 Å². The van der Waals surface area contributed by atoms with Gasteiger partial charge in [-0.15, -0.1) is 0 Å². The zero-order chi connectivity index (χ0) is 22.7. The highest BCUT2D eigenvalue weighted by Crippen LogP contribution is 2.36. The molecule has 3 amide bonds. The van der Waals surface area contributed by atoms with Crippen molar-refractivity contribution in [1.29, 1.82) is 0 Å². The van der Waals surface area contributed by atoms with E-state index in [1.54, 1.807) is 18.2 Å². The summed E-state index contributed by atoms with van der Waals surface area (Å²) in [4.78, 5) is 38.1. The van der Waals surface area contributed by atoms with Crippen LogP contribution in [0, 0.1) is 0 Å². The van der Waals surface area contributed by atoms with Crippen LogP contribution in [0.2, 0.25) is 10.0 Å². The monoisotopic (exact) mass is 460 g/mol. The molecule has 0 aliphatic rings. The topological polar surface area (TPSA) is 137 Å². The Balaban J connectivity index is 1.88. The minimum atomic E-state index is -1.27. The Hall–Kier alpha value is -3.49. The molecule has 1 aromatic heterocycles. The highest BCUT2D eigenvalue weighted by atomic mass is 35.5. The largest absolute Gasteiger partial charge is 0.477 e. The number of nitrogens with two attached hydrogens (primary N) is 1. The molecular formula is C21H18Cl2N4O4. The summed E-state index contributed by atoms with van der Waals surface area (Å²) in [7, 11) is 0. The van der Waals surface area contributed by atoms with Crippen molar-refractivity contribution >= 4 is 63.3 Å². The molecule has 10 heteroatoms. The van der Waals surface area contributed by atoms with Crippen molar-refractivity contribution in [1.82, 2.24) is 10.3 Å². The normalized spacial score (nSPS) is 10.6. The number of halogens is 2. The van der Waals surface area contributed by atoms with E-state index < -0.39 is 17.9 Å². The summed E-state index contributed by atoms with van der Waals surface area (Å²) in [5.41, 5.74) is 6.55. The zero-order valence-electron chi connectivity index (χ0n) is 16.1. The van der Waals surface area contributed by atoms with Crippen molar-refractivity contribution in [2.45, 2.75) is 6.42 Å². The lowest BCUT2D eigenvalue weighted by Crippen LogP contribution is -2.30. The molecule has 0 bridgehead atoms. The first-order chi connectivity index (χ1) is 14.7. The highest BCUT2D eigenvalue weighted by Gasteiger charge is 2.25. The summed E-state index contributed by atoms with van der Waals surface area (Å²) in [6.07, 6.45) is 0.509. The number of carbonyl (C=O) groups excluding carboxylic acids is 2. The molecule has 0 aliphatic carbocycles. The number of amides is 3. The van der Waals surface area contributed by atoms with Gasteiger partial charge in [-0.25, -0.2) is 9.59 Å². The fraction of sp³-hybridized carbons (Fsp3) is 0.0952. The van der Waals surface area contributed by atoms with Gasteiger partial charge in [-0.1, -0.05) is 41.9 Å². The van der Waals surface area contributed by atoms with Gasteiger partial charge < -0.3 is 26.5 Å². The summed E-state index contributed by atoms with van der Waals surface area (Å²) < 4.78 is 0. The Morgan fingerprint density at radius 1 is 1.16 bits per heavy atom. The minimum absolute atomic E-state index is 0.0753. The van der Waals surface area contributed by atoms with Crippen LogP contribution in [0.4, 0.5) is 10.5 Å². The van der Waals surface area contributed by atoms with E-state index in [4.69, 9.17) is 28.9 Å². The Morgan fingerprint density at radius 2 is 1.90 bits per heavy atom. The molecule has 31 heavy (non-hydrogen) atoms. The van der Waals surface area contributed by atoms with Crippen LogP contribution >= 0.6 is 23.2 Å². The molecule has 0 aliphatic heterocycles. The van der Waals surface area contributed by atoms with E-state index in [0.29, 0.717) is 34.6 Å². The van der Waals surface area contributed by atoms with E-state index in [9.17, 15) is 19.5 Å². The number of nitrogens with one attached hydrogen (secondary N) is 3. The first-order valence-corrected chi connectivity index (χ1v) is 9.80. The van der Waals surface area contributed by atoms with Crippen molar-refractivity contribution in [3.8, 4) is 0 Å². The second-order valence-electron chi connectivity index (χ2n) is 6.66. The number of rotatable bonds is 7.